The van der Waals surface area contributed by atoms with Gasteiger partial charge in [-0.3, -0.25) is 0 Å². The summed E-state index contributed by atoms with van der Waals surface area (Å²) >= 11 is 0. The molecule has 6 heterocycles. The van der Waals surface area contributed by atoms with E-state index in [0.29, 0.717) is 0 Å². The van der Waals surface area contributed by atoms with Crippen LogP contribution in [0.15, 0.2) is 218 Å². The number of benzene rings is 12. The number of rotatable bonds is 4. The summed E-state index contributed by atoms with van der Waals surface area (Å²) in [6.07, 6.45) is 0. The van der Waals surface area contributed by atoms with E-state index in [1.54, 1.807) is 0 Å². The fourth-order valence-corrected chi connectivity index (χ4v) is 23.8. The highest BCUT2D eigenvalue weighted by molar-refractivity contribution is 7.15. The first-order chi connectivity index (χ1) is 37.4. The molecular weight excluding hydrogens is 965 g/mol. The molecule has 0 spiro atoms. The van der Waals surface area contributed by atoms with Crippen molar-refractivity contribution in [3.05, 3.63) is 218 Å². The Bertz CT molecular complexity index is 4460. The first-order valence-electron chi connectivity index (χ1n) is 26.1. The van der Waals surface area contributed by atoms with Gasteiger partial charge < -0.3 is 28.7 Å². The Hall–Kier alpha value is -9.35. The third-order valence-electron chi connectivity index (χ3n) is 17.6. The van der Waals surface area contributed by atoms with Gasteiger partial charge >= 0.3 is 0 Å². The molecule has 0 amide bonds. The molecular formula is C68H42N2O4Si2. The highest BCUT2D eigenvalue weighted by atomic mass is 28.3. The lowest BCUT2D eigenvalue weighted by atomic mass is 9.94. The van der Waals surface area contributed by atoms with E-state index in [0.717, 1.165) is 79.6 Å². The number of anilines is 6. The van der Waals surface area contributed by atoms with E-state index in [9.17, 15) is 0 Å². The summed E-state index contributed by atoms with van der Waals surface area (Å²) in [4.78, 5) is 4.85. The summed E-state index contributed by atoms with van der Waals surface area (Å²) in [5, 5.41) is 15.2. The Labute approximate surface area is 439 Å². The summed E-state index contributed by atoms with van der Waals surface area (Å²) in [7, 11) is -5.15. The highest BCUT2D eigenvalue weighted by Gasteiger charge is 2.56. The predicted octanol–water partition coefficient (Wildman–Crippen LogP) is 14.7. The second kappa shape index (κ2) is 14.3. The molecule has 6 aliphatic rings. The van der Waals surface area contributed by atoms with E-state index in [2.05, 4.69) is 235 Å². The van der Waals surface area contributed by atoms with Gasteiger partial charge in [0.25, 0.3) is 0 Å². The fraction of sp³-hybridized carbons (Fsp3) is 0.0294. The van der Waals surface area contributed by atoms with Crippen molar-refractivity contribution in [3.63, 3.8) is 0 Å². The standard InChI is InChI=1S/C68H42N2O4Si2/c1-75-63-51-16-7-20-55(63)71-59-24-11-25-60(67(59)75)72-56-21-8-17-52(64(56)75)69(51)43-32-30-40(31-33-43)39-26-28-41(29-27-39)42-36-61-68-62(37-42)74-58-23-10-19-54-66(58)76(68,2)65-53(18-9-22-57(65)73-61)70(54)44-34-35-49-47-14-4-3-12-45(47)46-13-5-6-15-48(46)50(49)38-44/h3-38H,1-2H3. The van der Waals surface area contributed by atoms with Crippen molar-refractivity contribution in [1.29, 1.82) is 0 Å². The van der Waals surface area contributed by atoms with Gasteiger partial charge in [0.05, 0.1) is 0 Å². The highest BCUT2D eigenvalue weighted by Crippen LogP contribution is 2.52. The molecule has 0 radical (unpaired) electrons. The molecule has 356 valence electrons. The van der Waals surface area contributed by atoms with Crippen LogP contribution < -0.4 is 59.9 Å². The number of hydrogen-bond acceptors (Lipinski definition) is 6. The lowest BCUT2D eigenvalue weighted by molar-refractivity contribution is 0.462. The number of hydrogen-bond donors (Lipinski definition) is 0. The third-order valence-corrected chi connectivity index (χ3v) is 26.6. The lowest BCUT2D eigenvalue weighted by Crippen LogP contribution is -2.71. The maximum Gasteiger partial charge on any atom is 0.170 e. The van der Waals surface area contributed by atoms with Crippen molar-refractivity contribution in [2.75, 3.05) is 9.80 Å². The Balaban J connectivity index is 0.700. The van der Waals surface area contributed by atoms with Crippen LogP contribution in [0.2, 0.25) is 13.1 Å². The summed E-state index contributed by atoms with van der Waals surface area (Å²) in [5.74, 6) is 7.32. The molecule has 12 aromatic rings. The smallest absolute Gasteiger partial charge is 0.170 e. The molecule has 76 heavy (non-hydrogen) atoms. The van der Waals surface area contributed by atoms with Crippen molar-refractivity contribution in [3.8, 4) is 68.2 Å². The molecule has 0 unspecified atom stereocenters. The second-order valence-electron chi connectivity index (χ2n) is 21.4. The minimum Gasteiger partial charge on any atom is -0.457 e. The molecule has 0 saturated carbocycles. The quantitative estimate of drug-likeness (QED) is 0.129. The maximum atomic E-state index is 7.10. The van der Waals surface area contributed by atoms with Crippen molar-refractivity contribution in [1.82, 2.24) is 0 Å². The second-order valence-corrected chi connectivity index (χ2v) is 28.9. The van der Waals surface area contributed by atoms with E-state index in [4.69, 9.17) is 18.9 Å². The van der Waals surface area contributed by atoms with Crippen LogP contribution in [-0.2, 0) is 0 Å². The SMILES string of the molecule is C[Si]12c3c4cccc3Oc3cccc(c31)N(c1ccc(-c3ccc(-c5cc6c7c(c5)Oc5cccc8c5[Si]7(C)c5c(cccc5N8c5ccc7c8ccccc8c8ccccc8c7c5)O6)cc3)cc1)c1cccc(c12)O4. The predicted molar refractivity (Wildman–Crippen MR) is 313 cm³/mol. The van der Waals surface area contributed by atoms with Gasteiger partial charge in [0, 0.05) is 65.2 Å². The molecule has 0 saturated heterocycles. The summed E-state index contributed by atoms with van der Waals surface area (Å²) in [6, 6.07) is 79.4. The zero-order valence-corrected chi connectivity index (χ0v) is 43.3. The lowest BCUT2D eigenvalue weighted by Gasteiger charge is -2.48. The first-order valence-corrected chi connectivity index (χ1v) is 31.1. The third kappa shape index (κ3) is 5.05. The van der Waals surface area contributed by atoms with Crippen LogP contribution in [0.5, 0.6) is 46.0 Å². The monoisotopic (exact) mass is 1010 g/mol. The molecule has 0 N–H and O–H groups in total. The number of ether oxygens (including phenoxy) is 4. The van der Waals surface area contributed by atoms with Crippen molar-refractivity contribution in [2.24, 2.45) is 0 Å². The summed E-state index contributed by atoms with van der Waals surface area (Å²) in [6.45, 7) is 4.97. The molecule has 0 fully saturated rings. The van der Waals surface area contributed by atoms with Crippen LogP contribution in [0.3, 0.4) is 0 Å². The Morgan fingerprint density at radius 1 is 0.250 bits per heavy atom. The van der Waals surface area contributed by atoms with Gasteiger partial charge in [-0.25, -0.2) is 0 Å². The van der Waals surface area contributed by atoms with Gasteiger partial charge in [0.1, 0.15) is 46.0 Å². The summed E-state index contributed by atoms with van der Waals surface area (Å²) in [5.41, 5.74) is 11.3. The Morgan fingerprint density at radius 3 is 1.01 bits per heavy atom. The average Bonchev–Trinajstić information content (AvgIpc) is 3.53. The van der Waals surface area contributed by atoms with Crippen molar-refractivity contribution < 1.29 is 18.9 Å². The van der Waals surface area contributed by atoms with E-state index in [1.807, 2.05) is 6.07 Å². The fourth-order valence-electron chi connectivity index (χ4n) is 14.5. The van der Waals surface area contributed by atoms with Gasteiger partial charge in [-0.2, -0.15) is 0 Å². The molecule has 0 aliphatic carbocycles. The van der Waals surface area contributed by atoms with E-state index in [1.165, 1.54) is 86.2 Å². The Morgan fingerprint density at radius 2 is 0.566 bits per heavy atom. The molecule has 0 aromatic heterocycles. The van der Waals surface area contributed by atoms with Crippen LogP contribution in [0.4, 0.5) is 34.1 Å². The van der Waals surface area contributed by atoms with Gasteiger partial charge in [-0.15, -0.1) is 0 Å². The first kappa shape index (κ1) is 41.1. The zero-order chi connectivity index (χ0) is 49.8. The topological polar surface area (TPSA) is 43.4 Å². The van der Waals surface area contributed by atoms with Gasteiger partial charge in [-0.1, -0.05) is 134 Å². The van der Waals surface area contributed by atoms with Crippen molar-refractivity contribution >= 4 is 114 Å². The largest absolute Gasteiger partial charge is 0.457 e. The van der Waals surface area contributed by atoms with Crippen LogP contribution in [-0.4, -0.2) is 16.1 Å². The molecule has 0 bridgehead atoms. The van der Waals surface area contributed by atoms with Gasteiger partial charge in [0.15, 0.2) is 16.1 Å². The number of nitrogens with zero attached hydrogens (tertiary/aromatic N) is 2. The molecule has 12 aromatic carbocycles. The zero-order valence-electron chi connectivity index (χ0n) is 41.3. The van der Waals surface area contributed by atoms with Crippen LogP contribution in [0.1, 0.15) is 0 Å². The molecule has 6 nitrogen and oxygen atoms in total. The maximum absolute atomic E-state index is 7.10. The van der Waals surface area contributed by atoms with E-state index < -0.39 is 16.1 Å². The van der Waals surface area contributed by atoms with Gasteiger partial charge in [-0.05, 0) is 152 Å². The molecule has 6 aliphatic heterocycles. The Kier molecular flexibility index (Phi) is 7.71. The van der Waals surface area contributed by atoms with Crippen LogP contribution >= 0.6 is 0 Å². The average molecular weight is 1010 g/mol. The van der Waals surface area contributed by atoms with Crippen molar-refractivity contribution in [2.45, 2.75) is 13.1 Å². The van der Waals surface area contributed by atoms with Crippen LogP contribution in [0.25, 0.3) is 54.6 Å². The number of fused-ring (bicyclic) bond motifs is 6. The van der Waals surface area contributed by atoms with E-state index in [-0.39, 0.29) is 0 Å². The molecule has 18 rings (SSSR count). The normalized spacial score (nSPS) is 15.3. The summed E-state index contributed by atoms with van der Waals surface area (Å²) < 4.78 is 27.5. The van der Waals surface area contributed by atoms with Crippen LogP contribution in [0, 0.1) is 0 Å². The van der Waals surface area contributed by atoms with Gasteiger partial charge in [0.2, 0.25) is 0 Å². The minimum absolute atomic E-state index is 0.881. The van der Waals surface area contributed by atoms with E-state index >= 15 is 0 Å². The molecule has 0 atom stereocenters. The minimum atomic E-state index is -2.68. The molecule has 8 heteroatoms.